The number of carbonyl (C=O) groups excluding carboxylic acids is 1. The third-order valence-electron chi connectivity index (χ3n) is 4.06. The van der Waals surface area contributed by atoms with Gasteiger partial charge >= 0.3 is 0 Å². The molecule has 1 heterocycles. The highest BCUT2D eigenvalue weighted by atomic mass is 32.1. The lowest BCUT2D eigenvalue weighted by Gasteiger charge is -2.17. The van der Waals surface area contributed by atoms with Gasteiger partial charge in [0.05, 0.1) is 5.56 Å². The first-order valence-corrected chi connectivity index (χ1v) is 8.61. The monoisotopic (exact) mass is 344 g/mol. The van der Waals surface area contributed by atoms with E-state index in [1.54, 1.807) is 0 Å². The highest BCUT2D eigenvalue weighted by molar-refractivity contribution is 7.16. The van der Waals surface area contributed by atoms with Gasteiger partial charge in [-0.25, -0.2) is 4.39 Å². The van der Waals surface area contributed by atoms with Gasteiger partial charge in [-0.1, -0.05) is 6.92 Å². The molecule has 1 amide bonds. The number of hydrogen-bond acceptors (Lipinski definition) is 4. The fourth-order valence-electron chi connectivity index (χ4n) is 2.80. The highest BCUT2D eigenvalue weighted by Crippen LogP contribution is 2.39. The van der Waals surface area contributed by atoms with Gasteiger partial charge < -0.3 is 10.1 Å². The summed E-state index contributed by atoms with van der Waals surface area (Å²) in [6, 6.07) is 7.70. The van der Waals surface area contributed by atoms with Crippen molar-refractivity contribution in [2.75, 3.05) is 11.9 Å². The SMILES string of the molecule is CC1CCc2c(sc(NC(=O)COc3ccc(F)cc3)c2C#N)C1. The Morgan fingerprint density at radius 1 is 1.46 bits per heavy atom. The molecule has 0 bridgehead atoms. The van der Waals surface area contributed by atoms with Crippen LogP contribution >= 0.6 is 11.3 Å². The van der Waals surface area contributed by atoms with Gasteiger partial charge in [0.15, 0.2) is 6.61 Å². The molecular formula is C18H17FN2O2S. The van der Waals surface area contributed by atoms with Crippen molar-refractivity contribution in [3.8, 4) is 11.8 Å². The largest absolute Gasteiger partial charge is 0.484 e. The minimum atomic E-state index is -0.358. The molecule has 24 heavy (non-hydrogen) atoms. The molecule has 1 aliphatic carbocycles. The highest BCUT2D eigenvalue weighted by Gasteiger charge is 2.24. The van der Waals surface area contributed by atoms with Crippen molar-refractivity contribution in [2.24, 2.45) is 5.92 Å². The first-order valence-electron chi connectivity index (χ1n) is 7.79. The smallest absolute Gasteiger partial charge is 0.262 e. The third-order valence-corrected chi connectivity index (χ3v) is 5.23. The maximum atomic E-state index is 12.8. The Bertz CT molecular complexity index is 793. The van der Waals surface area contributed by atoms with Crippen molar-refractivity contribution < 1.29 is 13.9 Å². The van der Waals surface area contributed by atoms with E-state index >= 15 is 0 Å². The molecule has 6 heteroatoms. The topological polar surface area (TPSA) is 62.1 Å². The van der Waals surface area contributed by atoms with E-state index in [0.717, 1.165) is 24.8 Å². The summed E-state index contributed by atoms with van der Waals surface area (Å²) in [6.45, 7) is 2.01. The minimum absolute atomic E-state index is 0.185. The fourth-order valence-corrected chi connectivity index (χ4v) is 4.18. The molecule has 3 rings (SSSR count). The quantitative estimate of drug-likeness (QED) is 0.915. The summed E-state index contributed by atoms with van der Waals surface area (Å²) in [7, 11) is 0. The summed E-state index contributed by atoms with van der Waals surface area (Å²) >= 11 is 1.48. The average molecular weight is 344 g/mol. The summed E-state index contributed by atoms with van der Waals surface area (Å²) in [6.07, 6.45) is 2.91. The van der Waals surface area contributed by atoms with Crippen LogP contribution in [0.3, 0.4) is 0 Å². The number of fused-ring (bicyclic) bond motifs is 1. The Kier molecular flexibility index (Phi) is 4.81. The molecule has 0 radical (unpaired) electrons. The number of nitriles is 1. The van der Waals surface area contributed by atoms with Crippen molar-refractivity contribution in [2.45, 2.75) is 26.2 Å². The summed E-state index contributed by atoms with van der Waals surface area (Å²) in [4.78, 5) is 13.3. The number of rotatable bonds is 4. The van der Waals surface area contributed by atoms with Crippen LogP contribution < -0.4 is 10.1 Å². The number of ether oxygens (including phenoxy) is 1. The first-order chi connectivity index (χ1) is 11.6. The Balaban J connectivity index is 1.66. The zero-order chi connectivity index (χ0) is 17.1. The lowest BCUT2D eigenvalue weighted by molar-refractivity contribution is -0.118. The van der Waals surface area contributed by atoms with Crippen LogP contribution in [0.1, 0.15) is 29.3 Å². The average Bonchev–Trinajstić information content (AvgIpc) is 2.90. The number of hydrogen-bond donors (Lipinski definition) is 1. The second-order valence-electron chi connectivity index (χ2n) is 5.96. The summed E-state index contributed by atoms with van der Waals surface area (Å²) < 4.78 is 18.2. The molecule has 1 unspecified atom stereocenters. The number of halogens is 1. The first kappa shape index (κ1) is 16.5. The van der Waals surface area contributed by atoms with Gasteiger partial charge in [0.2, 0.25) is 0 Å². The van der Waals surface area contributed by atoms with Crippen LogP contribution in [0.5, 0.6) is 5.75 Å². The molecule has 0 saturated carbocycles. The maximum Gasteiger partial charge on any atom is 0.262 e. The molecule has 1 aromatic heterocycles. The molecule has 1 N–H and O–H groups in total. The second kappa shape index (κ2) is 7.02. The Morgan fingerprint density at radius 3 is 2.92 bits per heavy atom. The maximum absolute atomic E-state index is 12.8. The molecule has 2 aromatic rings. The Morgan fingerprint density at radius 2 is 2.21 bits per heavy atom. The summed E-state index contributed by atoms with van der Waals surface area (Å²) in [5, 5.41) is 12.8. The van der Waals surface area contributed by atoms with Crippen molar-refractivity contribution in [1.29, 1.82) is 5.26 Å². The van der Waals surface area contributed by atoms with Gasteiger partial charge in [-0.2, -0.15) is 5.26 Å². The Hall–Kier alpha value is -2.39. The molecule has 124 valence electrons. The number of nitrogens with zero attached hydrogens (tertiary/aromatic N) is 1. The van der Waals surface area contributed by atoms with E-state index in [4.69, 9.17) is 4.74 Å². The van der Waals surface area contributed by atoms with E-state index in [9.17, 15) is 14.4 Å². The van der Waals surface area contributed by atoms with Gasteiger partial charge in [0, 0.05) is 4.88 Å². The van der Waals surface area contributed by atoms with Crippen LogP contribution in [-0.4, -0.2) is 12.5 Å². The predicted octanol–water partition coefficient (Wildman–Crippen LogP) is 3.90. The van der Waals surface area contributed by atoms with E-state index in [-0.39, 0.29) is 18.3 Å². The zero-order valence-electron chi connectivity index (χ0n) is 13.3. The standard InChI is InChI=1S/C18H17FN2O2S/c1-11-2-7-14-15(9-20)18(24-16(14)8-11)21-17(22)10-23-13-5-3-12(19)4-6-13/h3-6,11H,2,7-8,10H2,1H3,(H,21,22). The van der Waals surface area contributed by atoms with E-state index in [1.165, 1.54) is 40.5 Å². The van der Waals surface area contributed by atoms with Crippen molar-refractivity contribution in [3.05, 3.63) is 46.1 Å². The molecule has 0 spiro atoms. The number of carbonyl (C=O) groups is 1. The van der Waals surface area contributed by atoms with Crippen LogP contribution in [-0.2, 0) is 17.6 Å². The van der Waals surface area contributed by atoms with Gasteiger partial charge in [0.25, 0.3) is 5.91 Å². The zero-order valence-corrected chi connectivity index (χ0v) is 14.1. The van der Waals surface area contributed by atoms with Crippen LogP contribution in [0.4, 0.5) is 9.39 Å². The molecule has 1 atom stereocenters. The normalized spacial score (nSPS) is 16.1. The fraction of sp³-hybridized carbons (Fsp3) is 0.333. The molecule has 0 saturated heterocycles. The van der Waals surface area contributed by atoms with Crippen LogP contribution in [0, 0.1) is 23.1 Å². The second-order valence-corrected chi connectivity index (χ2v) is 7.06. The minimum Gasteiger partial charge on any atom is -0.484 e. The Labute approximate surface area is 143 Å². The van der Waals surface area contributed by atoms with Crippen LogP contribution in [0.2, 0.25) is 0 Å². The van der Waals surface area contributed by atoms with E-state index in [2.05, 4.69) is 18.3 Å². The predicted molar refractivity (Wildman–Crippen MR) is 90.7 cm³/mol. The van der Waals surface area contributed by atoms with E-state index in [1.807, 2.05) is 0 Å². The van der Waals surface area contributed by atoms with Gasteiger partial charge in [0.1, 0.15) is 22.6 Å². The molecule has 0 fully saturated rings. The third kappa shape index (κ3) is 3.57. The number of thiophene rings is 1. The molecule has 1 aliphatic rings. The van der Waals surface area contributed by atoms with Crippen molar-refractivity contribution >= 4 is 22.2 Å². The van der Waals surface area contributed by atoms with Crippen molar-refractivity contribution in [3.63, 3.8) is 0 Å². The lowest BCUT2D eigenvalue weighted by atomic mass is 9.89. The number of nitrogens with one attached hydrogen (secondary N) is 1. The summed E-state index contributed by atoms with van der Waals surface area (Å²) in [5.74, 6) is 0.339. The van der Waals surface area contributed by atoms with Gasteiger partial charge in [-0.15, -0.1) is 11.3 Å². The molecule has 1 aromatic carbocycles. The number of amides is 1. The van der Waals surface area contributed by atoms with E-state index in [0.29, 0.717) is 22.2 Å². The van der Waals surface area contributed by atoms with Crippen LogP contribution in [0.15, 0.2) is 24.3 Å². The van der Waals surface area contributed by atoms with Gasteiger partial charge in [-0.05, 0) is 55.0 Å². The van der Waals surface area contributed by atoms with E-state index < -0.39 is 0 Å². The molecular weight excluding hydrogens is 327 g/mol. The number of benzene rings is 1. The summed E-state index contributed by atoms with van der Waals surface area (Å²) in [5.41, 5.74) is 1.66. The molecule has 4 nitrogen and oxygen atoms in total. The number of anilines is 1. The van der Waals surface area contributed by atoms with Gasteiger partial charge in [-0.3, -0.25) is 4.79 Å². The lowest BCUT2D eigenvalue weighted by Crippen LogP contribution is -2.20. The van der Waals surface area contributed by atoms with Crippen LogP contribution in [0.25, 0.3) is 0 Å². The van der Waals surface area contributed by atoms with Crippen molar-refractivity contribution in [1.82, 2.24) is 0 Å². The molecule has 0 aliphatic heterocycles.